The fraction of sp³-hybridized carbons (Fsp3) is 0.261. The molecule has 6 nitrogen and oxygen atoms in total. The van der Waals surface area contributed by atoms with E-state index in [4.69, 9.17) is 0 Å². The van der Waals surface area contributed by atoms with Gasteiger partial charge in [-0.15, -0.1) is 11.3 Å². The van der Waals surface area contributed by atoms with Crippen molar-refractivity contribution >= 4 is 27.3 Å². The highest BCUT2D eigenvalue weighted by molar-refractivity contribution is 7.89. The quantitative estimate of drug-likeness (QED) is 0.472. The predicted octanol–water partition coefficient (Wildman–Crippen LogP) is 3.20. The maximum atomic E-state index is 14.1. The molecule has 0 aliphatic carbocycles. The van der Waals surface area contributed by atoms with Crippen LogP contribution in [0.15, 0.2) is 77.0 Å². The molecule has 3 aromatic rings. The Kier molecular flexibility index (Phi) is 8.14. The molecular weight excluding hydrogens is 449 g/mol. The van der Waals surface area contributed by atoms with Crippen molar-refractivity contribution in [1.82, 2.24) is 14.9 Å². The van der Waals surface area contributed by atoms with Crippen LogP contribution in [0.4, 0.5) is 4.39 Å². The molecule has 0 unspecified atom stereocenters. The number of likely N-dealkylation sites (N-methyl/N-ethyl adjacent to an activating group) is 1. The number of nitrogens with zero attached hydrogens (tertiary/aromatic N) is 1. The number of sulfonamides is 1. The third kappa shape index (κ3) is 6.23. The highest BCUT2D eigenvalue weighted by Gasteiger charge is 2.28. The Bertz CT molecular complexity index is 1120. The summed E-state index contributed by atoms with van der Waals surface area (Å²) in [6, 6.07) is 17.0. The highest BCUT2D eigenvalue weighted by atomic mass is 32.2. The van der Waals surface area contributed by atoms with Gasteiger partial charge in [0.15, 0.2) is 0 Å². The molecule has 1 aromatic heterocycles. The molecule has 0 bridgehead atoms. The first kappa shape index (κ1) is 24.1. The molecule has 0 aliphatic rings. The molecule has 1 heterocycles. The molecule has 0 aliphatic heterocycles. The molecule has 0 saturated carbocycles. The second-order valence-corrected chi connectivity index (χ2v) is 10.2. The van der Waals surface area contributed by atoms with Gasteiger partial charge in [-0.25, -0.2) is 12.8 Å². The summed E-state index contributed by atoms with van der Waals surface area (Å²) in [7, 11) is -0.416. The first-order chi connectivity index (χ1) is 15.3. The Balaban J connectivity index is 1.80. The van der Waals surface area contributed by atoms with Crippen molar-refractivity contribution in [3.8, 4) is 0 Å². The van der Waals surface area contributed by atoms with Crippen LogP contribution in [0.1, 0.15) is 16.5 Å². The maximum absolute atomic E-state index is 14.1. The minimum atomic E-state index is -4.25. The molecule has 9 heteroatoms. The van der Waals surface area contributed by atoms with Crippen LogP contribution in [0.5, 0.6) is 0 Å². The Morgan fingerprint density at radius 1 is 1.03 bits per heavy atom. The number of carbonyl (C=O) groups excluding carboxylic acids is 1. The monoisotopic (exact) mass is 475 g/mol. The molecule has 0 saturated heterocycles. The number of halogens is 1. The molecule has 0 spiro atoms. The van der Waals surface area contributed by atoms with Gasteiger partial charge in [0.2, 0.25) is 15.9 Å². The van der Waals surface area contributed by atoms with E-state index in [1.54, 1.807) is 11.3 Å². The standard InChI is InChI=1S/C23H26FN3O3S2/c1-27(2)20(21-12-8-14-31-21)16-25-23(28)19(15-17-9-4-3-5-10-17)26-32(29,30)22-13-7-6-11-18(22)24/h3-14,19-20,26H,15-16H2,1-2H3,(H,25,28)/t19-,20+/m0/s1. The number of hydrogen-bond acceptors (Lipinski definition) is 5. The van der Waals surface area contributed by atoms with Gasteiger partial charge in [0.25, 0.3) is 0 Å². The van der Waals surface area contributed by atoms with Gasteiger partial charge in [-0.2, -0.15) is 4.72 Å². The summed E-state index contributed by atoms with van der Waals surface area (Å²) in [5, 5.41) is 4.83. The number of thiophene rings is 1. The van der Waals surface area contributed by atoms with Gasteiger partial charge in [-0.1, -0.05) is 48.5 Å². The van der Waals surface area contributed by atoms with Crippen molar-refractivity contribution in [3.63, 3.8) is 0 Å². The number of hydrogen-bond donors (Lipinski definition) is 2. The van der Waals surface area contributed by atoms with Gasteiger partial charge in [0.05, 0.1) is 6.04 Å². The summed E-state index contributed by atoms with van der Waals surface area (Å²) in [6.07, 6.45) is 0.131. The highest BCUT2D eigenvalue weighted by Crippen LogP contribution is 2.22. The lowest BCUT2D eigenvalue weighted by atomic mass is 10.1. The lowest BCUT2D eigenvalue weighted by Gasteiger charge is -2.25. The Labute approximate surface area is 192 Å². The van der Waals surface area contributed by atoms with E-state index in [0.717, 1.165) is 16.5 Å². The van der Waals surface area contributed by atoms with Crippen LogP contribution in [0.2, 0.25) is 0 Å². The average Bonchev–Trinajstić information content (AvgIpc) is 3.28. The molecule has 170 valence electrons. The summed E-state index contributed by atoms with van der Waals surface area (Å²) in [4.78, 5) is 15.7. The Morgan fingerprint density at radius 3 is 2.34 bits per heavy atom. The van der Waals surface area contributed by atoms with Crippen molar-refractivity contribution < 1.29 is 17.6 Å². The van der Waals surface area contributed by atoms with E-state index in [2.05, 4.69) is 10.0 Å². The maximum Gasteiger partial charge on any atom is 0.244 e. The predicted molar refractivity (Wildman–Crippen MR) is 124 cm³/mol. The summed E-state index contributed by atoms with van der Waals surface area (Å²) < 4.78 is 42.2. The van der Waals surface area contributed by atoms with Gasteiger partial charge in [0, 0.05) is 11.4 Å². The van der Waals surface area contributed by atoms with Gasteiger partial charge < -0.3 is 10.2 Å². The SMILES string of the molecule is CN(C)[C@H](CNC(=O)[C@H](Cc1ccccc1)NS(=O)(=O)c1ccccc1F)c1cccs1. The first-order valence-corrected chi connectivity index (χ1v) is 12.4. The molecule has 32 heavy (non-hydrogen) atoms. The zero-order chi connectivity index (χ0) is 23.1. The van der Waals surface area contributed by atoms with E-state index in [0.29, 0.717) is 6.54 Å². The van der Waals surface area contributed by atoms with Crippen molar-refractivity contribution in [1.29, 1.82) is 0 Å². The smallest absolute Gasteiger partial charge is 0.244 e. The van der Waals surface area contributed by atoms with Crippen LogP contribution in [0.25, 0.3) is 0 Å². The number of rotatable bonds is 10. The fourth-order valence-electron chi connectivity index (χ4n) is 3.29. The van der Waals surface area contributed by atoms with E-state index in [1.807, 2.05) is 66.8 Å². The molecule has 0 radical (unpaired) electrons. The van der Waals surface area contributed by atoms with Gasteiger partial charge >= 0.3 is 0 Å². The second-order valence-electron chi connectivity index (χ2n) is 7.53. The lowest BCUT2D eigenvalue weighted by Crippen LogP contribution is -2.49. The molecule has 2 atom stereocenters. The molecule has 2 aromatic carbocycles. The summed E-state index contributed by atoms with van der Waals surface area (Å²) >= 11 is 1.58. The number of nitrogens with one attached hydrogen (secondary N) is 2. The summed E-state index contributed by atoms with van der Waals surface area (Å²) in [6.45, 7) is 0.305. The molecular formula is C23H26FN3O3S2. The first-order valence-electron chi connectivity index (χ1n) is 10.1. The molecule has 0 fully saturated rings. The minimum Gasteiger partial charge on any atom is -0.353 e. The van der Waals surface area contributed by atoms with Crippen LogP contribution in [0, 0.1) is 5.82 Å². The second kappa shape index (κ2) is 10.8. The van der Waals surface area contributed by atoms with Crippen molar-refractivity contribution in [3.05, 3.63) is 88.4 Å². The Morgan fingerprint density at radius 2 is 1.72 bits per heavy atom. The van der Waals surface area contributed by atoms with Crippen molar-refractivity contribution in [2.45, 2.75) is 23.4 Å². The Hall–Kier alpha value is -2.59. The largest absolute Gasteiger partial charge is 0.353 e. The zero-order valence-electron chi connectivity index (χ0n) is 17.9. The van der Waals surface area contributed by atoms with E-state index < -0.39 is 32.7 Å². The average molecular weight is 476 g/mol. The van der Waals surface area contributed by atoms with Crippen molar-refractivity contribution in [2.24, 2.45) is 0 Å². The third-order valence-electron chi connectivity index (χ3n) is 4.99. The van der Waals surface area contributed by atoms with Gasteiger partial charge in [-0.3, -0.25) is 4.79 Å². The molecule has 3 rings (SSSR count). The fourth-order valence-corrected chi connectivity index (χ4v) is 5.49. The number of amides is 1. The van der Waals surface area contributed by atoms with Crippen LogP contribution in [-0.4, -0.2) is 45.9 Å². The topological polar surface area (TPSA) is 78.5 Å². The summed E-state index contributed by atoms with van der Waals surface area (Å²) in [5.74, 6) is -1.35. The number of carbonyl (C=O) groups is 1. The van der Waals surface area contributed by atoms with Crippen LogP contribution < -0.4 is 10.0 Å². The van der Waals surface area contributed by atoms with Crippen LogP contribution in [-0.2, 0) is 21.2 Å². The lowest BCUT2D eigenvalue weighted by molar-refractivity contribution is -0.122. The minimum absolute atomic E-state index is 0.0560. The van der Waals surface area contributed by atoms with Crippen molar-refractivity contribution in [2.75, 3.05) is 20.6 Å². The van der Waals surface area contributed by atoms with E-state index >= 15 is 0 Å². The van der Waals surface area contributed by atoms with Gasteiger partial charge in [0.1, 0.15) is 16.8 Å². The van der Waals surface area contributed by atoms with E-state index in [9.17, 15) is 17.6 Å². The van der Waals surface area contributed by atoms with Crippen LogP contribution >= 0.6 is 11.3 Å². The normalized spacial score (nSPS) is 13.6. The van der Waals surface area contributed by atoms with Crippen LogP contribution in [0.3, 0.4) is 0 Å². The van der Waals surface area contributed by atoms with Gasteiger partial charge in [-0.05, 0) is 49.7 Å². The zero-order valence-corrected chi connectivity index (χ0v) is 19.5. The van der Waals surface area contributed by atoms with E-state index in [1.165, 1.54) is 18.2 Å². The molecule has 2 N–H and O–H groups in total. The molecule has 1 amide bonds. The number of benzene rings is 2. The third-order valence-corrected chi connectivity index (χ3v) is 7.47. The summed E-state index contributed by atoms with van der Waals surface area (Å²) in [5.41, 5.74) is 0.784. The van der Waals surface area contributed by atoms with E-state index in [-0.39, 0.29) is 12.5 Å².